The van der Waals surface area contributed by atoms with Crippen LogP contribution in [-0.4, -0.2) is 4.98 Å². The van der Waals surface area contributed by atoms with Crippen LogP contribution in [0.25, 0.3) is 43.8 Å². The van der Waals surface area contributed by atoms with E-state index in [4.69, 9.17) is 0 Å². The number of hydrogen-bond donors (Lipinski definition) is 0. The van der Waals surface area contributed by atoms with Crippen molar-refractivity contribution >= 4 is 21.5 Å². The van der Waals surface area contributed by atoms with Crippen LogP contribution in [0.15, 0.2) is 103 Å². The molecule has 0 fully saturated rings. The predicted molar refractivity (Wildman–Crippen MR) is 110 cm³/mol. The molecule has 1 aromatic heterocycles. The summed E-state index contributed by atoms with van der Waals surface area (Å²) in [5.41, 5.74) is 4.85. The smallest absolute Gasteiger partial charge is 0.0346 e. The molecule has 0 atom stereocenters. The minimum absolute atomic E-state index is 1.15. The van der Waals surface area contributed by atoms with Gasteiger partial charge < -0.3 is 0 Å². The molecular formula is C25H17N. The fourth-order valence-corrected chi connectivity index (χ4v) is 3.69. The second-order valence-electron chi connectivity index (χ2n) is 6.52. The lowest BCUT2D eigenvalue weighted by Gasteiger charge is -2.15. The van der Waals surface area contributed by atoms with E-state index in [1.807, 2.05) is 18.5 Å². The summed E-state index contributed by atoms with van der Waals surface area (Å²) in [6.07, 6.45) is 3.78. The quantitative estimate of drug-likeness (QED) is 0.327. The lowest BCUT2D eigenvalue weighted by molar-refractivity contribution is 1.33. The van der Waals surface area contributed by atoms with Crippen LogP contribution in [-0.2, 0) is 0 Å². The van der Waals surface area contributed by atoms with E-state index in [-0.39, 0.29) is 0 Å². The van der Waals surface area contributed by atoms with Crippen molar-refractivity contribution in [3.63, 3.8) is 0 Å². The highest BCUT2D eigenvalue weighted by Crippen LogP contribution is 2.39. The van der Waals surface area contributed by atoms with E-state index in [0.717, 1.165) is 5.56 Å². The second-order valence-corrected chi connectivity index (χ2v) is 6.52. The van der Waals surface area contributed by atoms with Crippen molar-refractivity contribution in [2.75, 3.05) is 0 Å². The lowest BCUT2D eigenvalue weighted by atomic mass is 9.89. The van der Waals surface area contributed by atoms with Crippen LogP contribution in [0.3, 0.4) is 0 Å². The molecule has 0 aliphatic carbocycles. The molecule has 0 aliphatic heterocycles. The lowest BCUT2D eigenvalue weighted by Crippen LogP contribution is -1.89. The Morgan fingerprint density at radius 2 is 1.27 bits per heavy atom. The summed E-state index contributed by atoms with van der Waals surface area (Å²) >= 11 is 0. The summed E-state index contributed by atoms with van der Waals surface area (Å²) in [7, 11) is 0. The SMILES string of the molecule is c1ccc(-c2ccc3cc4ccccc4cc3c2-c2cccnc2)cc1. The Bertz CT molecular complexity index is 1210. The molecule has 4 aromatic carbocycles. The summed E-state index contributed by atoms with van der Waals surface area (Å²) in [5.74, 6) is 0. The van der Waals surface area contributed by atoms with Gasteiger partial charge in [-0.25, -0.2) is 0 Å². The summed E-state index contributed by atoms with van der Waals surface area (Å²) < 4.78 is 0. The molecule has 5 rings (SSSR count). The monoisotopic (exact) mass is 331 g/mol. The van der Waals surface area contributed by atoms with Crippen LogP contribution in [0.5, 0.6) is 0 Å². The van der Waals surface area contributed by atoms with Crippen LogP contribution in [0.2, 0.25) is 0 Å². The van der Waals surface area contributed by atoms with E-state index in [1.54, 1.807) is 0 Å². The second kappa shape index (κ2) is 6.12. The van der Waals surface area contributed by atoms with E-state index in [0.29, 0.717) is 0 Å². The number of pyridine rings is 1. The number of aromatic nitrogens is 1. The van der Waals surface area contributed by atoms with Gasteiger partial charge in [0.15, 0.2) is 0 Å². The number of rotatable bonds is 2. The molecule has 5 aromatic rings. The third-order valence-corrected chi connectivity index (χ3v) is 4.92. The van der Waals surface area contributed by atoms with Gasteiger partial charge in [0, 0.05) is 18.0 Å². The zero-order valence-electron chi connectivity index (χ0n) is 14.3. The number of nitrogens with zero attached hydrogens (tertiary/aromatic N) is 1. The molecule has 26 heavy (non-hydrogen) atoms. The maximum atomic E-state index is 4.36. The number of fused-ring (bicyclic) bond motifs is 2. The molecule has 0 aliphatic rings. The average molecular weight is 331 g/mol. The Kier molecular flexibility index (Phi) is 3.50. The van der Waals surface area contributed by atoms with E-state index < -0.39 is 0 Å². The van der Waals surface area contributed by atoms with Crippen molar-refractivity contribution in [1.29, 1.82) is 0 Å². The molecule has 0 spiro atoms. The first kappa shape index (κ1) is 14.9. The summed E-state index contributed by atoms with van der Waals surface area (Å²) in [6.45, 7) is 0. The van der Waals surface area contributed by atoms with E-state index >= 15 is 0 Å². The van der Waals surface area contributed by atoms with Gasteiger partial charge in [-0.2, -0.15) is 0 Å². The zero-order chi connectivity index (χ0) is 17.3. The molecule has 1 heteroatoms. The number of hydrogen-bond acceptors (Lipinski definition) is 1. The fourth-order valence-electron chi connectivity index (χ4n) is 3.69. The Hall–Kier alpha value is -3.45. The van der Waals surface area contributed by atoms with Gasteiger partial charge in [0.1, 0.15) is 0 Å². The number of benzene rings is 4. The van der Waals surface area contributed by atoms with Gasteiger partial charge in [0.2, 0.25) is 0 Å². The molecule has 0 saturated heterocycles. The minimum atomic E-state index is 1.15. The standard InChI is InChI=1S/C25H17N/c1-2-7-18(8-3-1)23-13-12-21-15-19-9-4-5-10-20(19)16-24(21)25(23)22-11-6-14-26-17-22/h1-17H. The molecule has 0 saturated carbocycles. The Morgan fingerprint density at radius 3 is 2.04 bits per heavy atom. The molecule has 0 N–H and O–H groups in total. The van der Waals surface area contributed by atoms with Gasteiger partial charge in [0.05, 0.1) is 0 Å². The van der Waals surface area contributed by atoms with Gasteiger partial charge in [-0.05, 0) is 56.4 Å². The summed E-state index contributed by atoms with van der Waals surface area (Å²) in [5, 5.41) is 5.04. The molecule has 1 heterocycles. The van der Waals surface area contributed by atoms with Gasteiger partial charge in [-0.3, -0.25) is 4.98 Å². The highest BCUT2D eigenvalue weighted by Gasteiger charge is 2.12. The van der Waals surface area contributed by atoms with Crippen molar-refractivity contribution in [3.05, 3.63) is 103 Å². The highest BCUT2D eigenvalue weighted by molar-refractivity contribution is 6.09. The van der Waals surface area contributed by atoms with E-state index in [2.05, 4.69) is 89.9 Å². The average Bonchev–Trinajstić information content (AvgIpc) is 2.72. The minimum Gasteiger partial charge on any atom is -0.264 e. The van der Waals surface area contributed by atoms with Crippen LogP contribution < -0.4 is 0 Å². The van der Waals surface area contributed by atoms with Crippen LogP contribution in [0.1, 0.15) is 0 Å². The van der Waals surface area contributed by atoms with Crippen LogP contribution in [0.4, 0.5) is 0 Å². The maximum absolute atomic E-state index is 4.36. The molecule has 0 unspecified atom stereocenters. The summed E-state index contributed by atoms with van der Waals surface area (Å²) in [6, 6.07) is 32.3. The molecule has 122 valence electrons. The van der Waals surface area contributed by atoms with Crippen molar-refractivity contribution in [2.24, 2.45) is 0 Å². The van der Waals surface area contributed by atoms with Gasteiger partial charge in [-0.15, -0.1) is 0 Å². The maximum Gasteiger partial charge on any atom is 0.0346 e. The Labute approximate surface area is 152 Å². The molecule has 0 bridgehead atoms. The topological polar surface area (TPSA) is 12.9 Å². The zero-order valence-corrected chi connectivity index (χ0v) is 14.3. The largest absolute Gasteiger partial charge is 0.264 e. The van der Waals surface area contributed by atoms with E-state index in [9.17, 15) is 0 Å². The molecule has 0 radical (unpaired) electrons. The van der Waals surface area contributed by atoms with Crippen molar-refractivity contribution < 1.29 is 0 Å². The molecule has 1 nitrogen and oxygen atoms in total. The van der Waals surface area contributed by atoms with Crippen molar-refractivity contribution in [2.45, 2.75) is 0 Å². The summed E-state index contributed by atoms with van der Waals surface area (Å²) in [4.78, 5) is 4.36. The Balaban J connectivity index is 1.92. The van der Waals surface area contributed by atoms with Gasteiger partial charge in [-0.1, -0.05) is 72.8 Å². The molecule has 0 amide bonds. The van der Waals surface area contributed by atoms with Gasteiger partial charge >= 0.3 is 0 Å². The predicted octanol–water partition coefficient (Wildman–Crippen LogP) is 6.72. The first-order chi connectivity index (χ1) is 12.9. The third-order valence-electron chi connectivity index (χ3n) is 4.92. The Morgan fingerprint density at radius 1 is 0.538 bits per heavy atom. The van der Waals surface area contributed by atoms with Crippen LogP contribution in [0, 0.1) is 0 Å². The molecular weight excluding hydrogens is 314 g/mol. The third kappa shape index (κ3) is 2.46. The highest BCUT2D eigenvalue weighted by atomic mass is 14.6. The normalized spacial score (nSPS) is 11.1. The first-order valence-electron chi connectivity index (χ1n) is 8.81. The van der Waals surface area contributed by atoms with Crippen molar-refractivity contribution in [3.8, 4) is 22.3 Å². The van der Waals surface area contributed by atoms with Crippen molar-refractivity contribution in [1.82, 2.24) is 4.98 Å². The van der Waals surface area contributed by atoms with Crippen LogP contribution >= 0.6 is 0 Å². The fraction of sp³-hybridized carbons (Fsp3) is 0. The van der Waals surface area contributed by atoms with E-state index in [1.165, 1.54) is 38.2 Å². The van der Waals surface area contributed by atoms with Gasteiger partial charge in [0.25, 0.3) is 0 Å². The first-order valence-corrected chi connectivity index (χ1v) is 8.81.